The lowest BCUT2D eigenvalue weighted by Crippen LogP contribution is -2.23. The molecule has 0 radical (unpaired) electrons. The lowest BCUT2D eigenvalue weighted by Gasteiger charge is -2.07. The topological polar surface area (TPSA) is 41.1 Å². The predicted molar refractivity (Wildman–Crippen MR) is 82.6 cm³/mol. The highest BCUT2D eigenvalue weighted by Crippen LogP contribution is 2.14. The summed E-state index contributed by atoms with van der Waals surface area (Å²) in [5.74, 6) is -1.75. The zero-order valence-corrected chi connectivity index (χ0v) is 12.1. The van der Waals surface area contributed by atoms with Crippen molar-refractivity contribution in [2.24, 2.45) is 0 Å². The number of anilines is 1. The summed E-state index contributed by atoms with van der Waals surface area (Å²) in [6.07, 6.45) is 1.11. The fourth-order valence-corrected chi connectivity index (χ4v) is 2.01. The van der Waals surface area contributed by atoms with Gasteiger partial charge in [0, 0.05) is 19.0 Å². The summed E-state index contributed by atoms with van der Waals surface area (Å²) in [5.41, 5.74) is 1.23. The molecule has 2 aromatic rings. The quantitative estimate of drug-likeness (QED) is 0.772. The molecule has 0 aliphatic rings. The first-order valence-electron chi connectivity index (χ1n) is 7.15. The third kappa shape index (κ3) is 5.26. The zero-order valence-electron chi connectivity index (χ0n) is 12.1. The summed E-state index contributed by atoms with van der Waals surface area (Å²) in [6.45, 7) is 1.27. The molecule has 0 heterocycles. The Kier molecular flexibility index (Phi) is 6.03. The van der Waals surface area contributed by atoms with Crippen molar-refractivity contribution in [1.29, 1.82) is 0 Å². The second-order valence-corrected chi connectivity index (χ2v) is 4.91. The Morgan fingerprint density at radius 3 is 2.50 bits per heavy atom. The fourth-order valence-electron chi connectivity index (χ4n) is 2.01. The molecule has 0 aliphatic carbocycles. The summed E-state index contributed by atoms with van der Waals surface area (Å²) in [4.78, 5) is 11.7. The van der Waals surface area contributed by atoms with Crippen molar-refractivity contribution in [3.8, 4) is 0 Å². The predicted octanol–water partition coefficient (Wildman–Crippen LogP) is 3.13. The van der Waals surface area contributed by atoms with E-state index in [1.807, 2.05) is 30.3 Å². The van der Waals surface area contributed by atoms with E-state index in [0.717, 1.165) is 25.1 Å². The number of hydrogen-bond acceptors (Lipinski definition) is 2. The highest BCUT2D eigenvalue weighted by molar-refractivity contribution is 5.90. The molecule has 0 atom stereocenters. The molecule has 0 fully saturated rings. The highest BCUT2D eigenvalue weighted by atomic mass is 19.1. The second-order valence-electron chi connectivity index (χ2n) is 4.91. The average molecular weight is 304 g/mol. The Balaban J connectivity index is 1.65. The van der Waals surface area contributed by atoms with Crippen molar-refractivity contribution >= 4 is 11.6 Å². The average Bonchev–Trinajstić information content (AvgIpc) is 2.51. The van der Waals surface area contributed by atoms with Crippen LogP contribution in [-0.2, 0) is 11.2 Å². The van der Waals surface area contributed by atoms with E-state index >= 15 is 0 Å². The minimum atomic E-state index is -0.773. The van der Waals surface area contributed by atoms with Gasteiger partial charge in [0.05, 0.1) is 5.69 Å². The van der Waals surface area contributed by atoms with E-state index < -0.39 is 11.6 Å². The third-order valence-corrected chi connectivity index (χ3v) is 3.17. The van der Waals surface area contributed by atoms with Gasteiger partial charge >= 0.3 is 0 Å². The molecule has 116 valence electrons. The van der Waals surface area contributed by atoms with Gasteiger partial charge in [-0.25, -0.2) is 8.78 Å². The molecule has 0 unspecified atom stereocenters. The van der Waals surface area contributed by atoms with Gasteiger partial charge in [0.2, 0.25) is 5.91 Å². The monoisotopic (exact) mass is 304 g/mol. The molecule has 2 aromatic carbocycles. The minimum Gasteiger partial charge on any atom is -0.324 e. The molecule has 22 heavy (non-hydrogen) atoms. The summed E-state index contributed by atoms with van der Waals surface area (Å²) in [5, 5.41) is 5.59. The number of carbonyl (C=O) groups is 1. The molecule has 2 N–H and O–H groups in total. The van der Waals surface area contributed by atoms with Crippen molar-refractivity contribution in [3.63, 3.8) is 0 Å². The number of amides is 1. The van der Waals surface area contributed by atoms with Crippen LogP contribution in [0.15, 0.2) is 48.5 Å². The van der Waals surface area contributed by atoms with Gasteiger partial charge < -0.3 is 10.6 Å². The van der Waals surface area contributed by atoms with E-state index in [0.29, 0.717) is 6.54 Å². The first-order chi connectivity index (χ1) is 10.6. The normalized spacial score (nSPS) is 10.5. The van der Waals surface area contributed by atoms with Crippen LogP contribution in [-0.4, -0.2) is 19.0 Å². The Morgan fingerprint density at radius 2 is 1.77 bits per heavy atom. The van der Waals surface area contributed by atoms with E-state index in [-0.39, 0.29) is 18.0 Å². The largest absolute Gasteiger partial charge is 0.324 e. The first-order valence-corrected chi connectivity index (χ1v) is 7.15. The number of carbonyl (C=O) groups excluding carboxylic acids is 1. The van der Waals surface area contributed by atoms with Crippen molar-refractivity contribution in [3.05, 3.63) is 65.7 Å². The van der Waals surface area contributed by atoms with Crippen LogP contribution in [0.25, 0.3) is 0 Å². The van der Waals surface area contributed by atoms with E-state index in [2.05, 4.69) is 10.6 Å². The molecular formula is C17H18F2N2O. The number of halogens is 2. The SMILES string of the molecule is O=C(CCNCCc1ccccc1)Nc1ccc(F)cc1F. The molecule has 0 aromatic heterocycles. The maximum Gasteiger partial charge on any atom is 0.225 e. The Labute approximate surface area is 128 Å². The van der Waals surface area contributed by atoms with E-state index in [9.17, 15) is 13.6 Å². The number of benzene rings is 2. The van der Waals surface area contributed by atoms with Gasteiger partial charge in [-0.2, -0.15) is 0 Å². The summed E-state index contributed by atoms with van der Waals surface area (Å²) in [6, 6.07) is 13.1. The van der Waals surface area contributed by atoms with Crippen LogP contribution < -0.4 is 10.6 Å². The molecular weight excluding hydrogens is 286 g/mol. The Hall–Kier alpha value is -2.27. The van der Waals surface area contributed by atoms with Gasteiger partial charge in [0.25, 0.3) is 0 Å². The molecule has 5 heteroatoms. The maximum absolute atomic E-state index is 13.4. The summed E-state index contributed by atoms with van der Waals surface area (Å²) < 4.78 is 26.1. The first kappa shape index (κ1) is 16.1. The van der Waals surface area contributed by atoms with Gasteiger partial charge in [0.15, 0.2) is 0 Å². The molecule has 0 saturated heterocycles. The molecule has 1 amide bonds. The number of rotatable bonds is 7. The smallest absolute Gasteiger partial charge is 0.225 e. The molecule has 0 spiro atoms. The van der Waals surface area contributed by atoms with E-state index in [1.54, 1.807) is 0 Å². The molecule has 0 saturated carbocycles. The standard InChI is InChI=1S/C17H18F2N2O/c18-14-6-7-16(15(19)12-14)21-17(22)9-11-20-10-8-13-4-2-1-3-5-13/h1-7,12,20H,8-11H2,(H,21,22). The molecule has 0 bridgehead atoms. The van der Waals surface area contributed by atoms with Gasteiger partial charge in [0.1, 0.15) is 11.6 Å². The van der Waals surface area contributed by atoms with Crippen LogP contribution in [0.2, 0.25) is 0 Å². The fraction of sp³-hybridized carbons (Fsp3) is 0.235. The van der Waals surface area contributed by atoms with Crippen molar-refractivity contribution in [2.75, 3.05) is 18.4 Å². The van der Waals surface area contributed by atoms with Gasteiger partial charge in [-0.1, -0.05) is 30.3 Å². The van der Waals surface area contributed by atoms with Crippen LogP contribution >= 0.6 is 0 Å². The van der Waals surface area contributed by atoms with Gasteiger partial charge in [-0.15, -0.1) is 0 Å². The summed E-state index contributed by atoms with van der Waals surface area (Å²) >= 11 is 0. The molecule has 2 rings (SSSR count). The van der Waals surface area contributed by atoms with Crippen LogP contribution in [0, 0.1) is 11.6 Å². The second kappa shape index (κ2) is 8.24. The lowest BCUT2D eigenvalue weighted by molar-refractivity contribution is -0.116. The van der Waals surface area contributed by atoms with Crippen molar-refractivity contribution in [2.45, 2.75) is 12.8 Å². The minimum absolute atomic E-state index is 0.00399. The van der Waals surface area contributed by atoms with Gasteiger partial charge in [-0.3, -0.25) is 4.79 Å². The molecule has 3 nitrogen and oxygen atoms in total. The number of hydrogen-bond donors (Lipinski definition) is 2. The van der Waals surface area contributed by atoms with Crippen molar-refractivity contribution in [1.82, 2.24) is 5.32 Å². The van der Waals surface area contributed by atoms with Crippen LogP contribution in [0.4, 0.5) is 14.5 Å². The zero-order chi connectivity index (χ0) is 15.8. The highest BCUT2D eigenvalue weighted by Gasteiger charge is 2.07. The Bertz CT molecular complexity index is 617. The third-order valence-electron chi connectivity index (χ3n) is 3.17. The van der Waals surface area contributed by atoms with Crippen LogP contribution in [0.3, 0.4) is 0 Å². The van der Waals surface area contributed by atoms with E-state index in [1.165, 1.54) is 11.6 Å². The molecule has 0 aliphatic heterocycles. The summed E-state index contributed by atoms with van der Waals surface area (Å²) in [7, 11) is 0. The number of nitrogens with one attached hydrogen (secondary N) is 2. The lowest BCUT2D eigenvalue weighted by atomic mass is 10.1. The van der Waals surface area contributed by atoms with Crippen molar-refractivity contribution < 1.29 is 13.6 Å². The van der Waals surface area contributed by atoms with E-state index in [4.69, 9.17) is 0 Å². The van der Waals surface area contributed by atoms with Gasteiger partial charge in [-0.05, 0) is 30.7 Å². The maximum atomic E-state index is 13.4. The van der Waals surface area contributed by atoms with Crippen LogP contribution in [0.5, 0.6) is 0 Å². The van der Waals surface area contributed by atoms with Crippen LogP contribution in [0.1, 0.15) is 12.0 Å². The Morgan fingerprint density at radius 1 is 1.00 bits per heavy atom.